The Bertz CT molecular complexity index is 757. The Morgan fingerprint density at radius 2 is 2.08 bits per heavy atom. The molecule has 124 valence electrons. The molecule has 3 rings (SSSR count). The molecule has 0 bridgehead atoms. The molecule has 0 unspecified atom stereocenters. The number of anilines is 1. The van der Waals surface area contributed by atoms with E-state index in [0.29, 0.717) is 29.2 Å². The van der Waals surface area contributed by atoms with Gasteiger partial charge in [-0.3, -0.25) is 14.6 Å². The molecular weight excluding hydrogens is 306 g/mol. The fourth-order valence-electron chi connectivity index (χ4n) is 2.28. The number of methoxy groups -OCH3 is 1. The maximum atomic E-state index is 12.3. The maximum Gasteiger partial charge on any atom is 0.251 e. The molecule has 2 N–H and O–H groups in total. The molecule has 6 nitrogen and oxygen atoms in total. The van der Waals surface area contributed by atoms with Crippen LogP contribution in [0.3, 0.4) is 0 Å². The number of aromatic nitrogens is 1. The fourth-order valence-corrected chi connectivity index (χ4v) is 2.28. The van der Waals surface area contributed by atoms with Crippen molar-refractivity contribution in [3.8, 4) is 5.75 Å². The highest BCUT2D eigenvalue weighted by Gasteiger charge is 2.29. The Morgan fingerprint density at radius 3 is 2.83 bits per heavy atom. The Morgan fingerprint density at radius 1 is 1.25 bits per heavy atom. The smallest absolute Gasteiger partial charge is 0.251 e. The number of hydrogen-bond donors (Lipinski definition) is 2. The molecular formula is C18H19N3O3. The van der Waals surface area contributed by atoms with Crippen molar-refractivity contribution in [2.45, 2.75) is 19.4 Å². The zero-order valence-electron chi connectivity index (χ0n) is 13.4. The van der Waals surface area contributed by atoms with Gasteiger partial charge in [0.15, 0.2) is 0 Å². The van der Waals surface area contributed by atoms with Gasteiger partial charge in [0.25, 0.3) is 5.91 Å². The van der Waals surface area contributed by atoms with E-state index in [2.05, 4.69) is 15.6 Å². The normalized spacial score (nSPS) is 13.2. The highest BCUT2D eigenvalue weighted by atomic mass is 16.5. The highest BCUT2D eigenvalue weighted by Crippen LogP contribution is 2.30. The minimum absolute atomic E-state index is 0.0214. The monoisotopic (exact) mass is 325 g/mol. The average molecular weight is 325 g/mol. The van der Waals surface area contributed by atoms with Gasteiger partial charge in [0, 0.05) is 29.4 Å². The number of nitrogens with zero attached hydrogens (tertiary/aromatic N) is 1. The average Bonchev–Trinajstić information content (AvgIpc) is 3.45. The van der Waals surface area contributed by atoms with Crippen molar-refractivity contribution in [1.29, 1.82) is 0 Å². The first-order chi connectivity index (χ1) is 11.7. The largest absolute Gasteiger partial charge is 0.497 e. The minimum atomic E-state index is -0.220. The number of benzene rings is 1. The van der Waals surface area contributed by atoms with Gasteiger partial charge in [0.05, 0.1) is 19.3 Å². The van der Waals surface area contributed by atoms with E-state index in [1.165, 1.54) is 0 Å². The van der Waals surface area contributed by atoms with E-state index >= 15 is 0 Å². The maximum absolute atomic E-state index is 12.3. The molecule has 2 amide bonds. The van der Waals surface area contributed by atoms with Crippen LogP contribution in [0, 0.1) is 5.92 Å². The van der Waals surface area contributed by atoms with Gasteiger partial charge in [-0.15, -0.1) is 0 Å². The van der Waals surface area contributed by atoms with E-state index in [9.17, 15) is 9.59 Å². The van der Waals surface area contributed by atoms with Gasteiger partial charge in [-0.25, -0.2) is 0 Å². The third-order valence-electron chi connectivity index (χ3n) is 3.79. The lowest BCUT2D eigenvalue weighted by Crippen LogP contribution is -2.23. The first-order valence-corrected chi connectivity index (χ1v) is 7.84. The van der Waals surface area contributed by atoms with Crippen LogP contribution in [0.1, 0.15) is 28.9 Å². The number of carbonyl (C=O) groups excluding carboxylic acids is 2. The molecule has 0 aliphatic heterocycles. The number of hydrogen-bond acceptors (Lipinski definition) is 4. The predicted molar refractivity (Wildman–Crippen MR) is 89.8 cm³/mol. The van der Waals surface area contributed by atoms with Crippen molar-refractivity contribution >= 4 is 17.5 Å². The second kappa shape index (κ2) is 7.12. The van der Waals surface area contributed by atoms with E-state index in [1.807, 2.05) is 0 Å². The van der Waals surface area contributed by atoms with Gasteiger partial charge in [0.2, 0.25) is 5.91 Å². The molecule has 0 radical (unpaired) electrons. The summed E-state index contributed by atoms with van der Waals surface area (Å²) in [7, 11) is 1.58. The Balaban J connectivity index is 1.60. The molecule has 24 heavy (non-hydrogen) atoms. The van der Waals surface area contributed by atoms with E-state index in [4.69, 9.17) is 4.74 Å². The zero-order chi connectivity index (χ0) is 16.9. The predicted octanol–water partition coefficient (Wildman–Crippen LogP) is 2.37. The molecule has 0 spiro atoms. The van der Waals surface area contributed by atoms with E-state index < -0.39 is 0 Å². The number of pyridine rings is 1. The number of carbonyl (C=O) groups is 2. The first-order valence-electron chi connectivity index (χ1n) is 7.84. The van der Waals surface area contributed by atoms with E-state index in [0.717, 1.165) is 12.8 Å². The summed E-state index contributed by atoms with van der Waals surface area (Å²) in [6, 6.07) is 10.4. The van der Waals surface area contributed by atoms with Crippen molar-refractivity contribution in [1.82, 2.24) is 10.3 Å². The Labute approximate surface area is 140 Å². The molecule has 6 heteroatoms. The van der Waals surface area contributed by atoms with E-state index in [1.54, 1.807) is 49.7 Å². The van der Waals surface area contributed by atoms with Crippen LogP contribution in [0.25, 0.3) is 0 Å². The van der Waals surface area contributed by atoms with Crippen LogP contribution in [-0.2, 0) is 11.3 Å². The van der Waals surface area contributed by atoms with Gasteiger partial charge < -0.3 is 15.4 Å². The molecule has 1 heterocycles. The molecule has 1 aliphatic carbocycles. The van der Waals surface area contributed by atoms with Gasteiger partial charge in [-0.1, -0.05) is 6.07 Å². The van der Waals surface area contributed by atoms with Crippen molar-refractivity contribution in [3.05, 3.63) is 53.9 Å². The summed E-state index contributed by atoms with van der Waals surface area (Å²) in [6.07, 6.45) is 3.52. The number of rotatable bonds is 6. The summed E-state index contributed by atoms with van der Waals surface area (Å²) in [5.74, 6) is 0.621. The van der Waals surface area contributed by atoms with Gasteiger partial charge in [-0.05, 0) is 37.1 Å². The van der Waals surface area contributed by atoms with Crippen LogP contribution in [0.5, 0.6) is 5.75 Å². The minimum Gasteiger partial charge on any atom is -0.497 e. The molecule has 1 fully saturated rings. The van der Waals surface area contributed by atoms with E-state index in [-0.39, 0.29) is 17.7 Å². The van der Waals surface area contributed by atoms with Crippen LogP contribution < -0.4 is 15.4 Å². The lowest BCUT2D eigenvalue weighted by Gasteiger charge is -2.08. The van der Waals surface area contributed by atoms with Crippen LogP contribution in [-0.4, -0.2) is 23.9 Å². The first kappa shape index (κ1) is 16.0. The van der Waals surface area contributed by atoms with Crippen LogP contribution in [0.4, 0.5) is 5.69 Å². The summed E-state index contributed by atoms with van der Waals surface area (Å²) in [6.45, 7) is 0.300. The number of ether oxygens (including phenoxy) is 1. The summed E-state index contributed by atoms with van der Waals surface area (Å²) in [5.41, 5.74) is 1.84. The summed E-state index contributed by atoms with van der Waals surface area (Å²) in [4.78, 5) is 28.3. The molecule has 1 aromatic carbocycles. The molecule has 1 aliphatic rings. The highest BCUT2D eigenvalue weighted by molar-refractivity contribution is 5.98. The quantitative estimate of drug-likeness (QED) is 0.854. The molecule has 0 saturated heterocycles. The number of nitrogens with one attached hydrogen (secondary N) is 2. The lowest BCUT2D eigenvalue weighted by molar-refractivity contribution is -0.117. The fraction of sp³-hybridized carbons (Fsp3) is 0.278. The Hall–Kier alpha value is -2.89. The standard InChI is InChI=1S/C18H19N3O3/c1-24-16-7-8-19-15(10-16)11-20-17(22)13-3-2-4-14(9-13)21-18(23)12-5-6-12/h2-4,7-10,12H,5-6,11H2,1H3,(H,20,22)(H,21,23). The van der Waals surface area contributed by atoms with Gasteiger partial charge in [0.1, 0.15) is 5.75 Å². The lowest BCUT2D eigenvalue weighted by atomic mass is 10.2. The van der Waals surface area contributed by atoms with Gasteiger partial charge >= 0.3 is 0 Å². The Kier molecular flexibility index (Phi) is 4.74. The van der Waals surface area contributed by atoms with Crippen LogP contribution in [0.15, 0.2) is 42.6 Å². The third kappa shape index (κ3) is 4.10. The summed E-state index contributed by atoms with van der Waals surface area (Å²) in [5, 5.41) is 5.65. The van der Waals surface area contributed by atoms with Crippen molar-refractivity contribution in [3.63, 3.8) is 0 Å². The molecule has 0 atom stereocenters. The van der Waals surface area contributed by atoms with Crippen molar-refractivity contribution in [2.24, 2.45) is 5.92 Å². The van der Waals surface area contributed by atoms with Crippen LogP contribution in [0.2, 0.25) is 0 Å². The molecule has 2 aromatic rings. The second-order valence-corrected chi connectivity index (χ2v) is 5.71. The van der Waals surface area contributed by atoms with Crippen LogP contribution >= 0.6 is 0 Å². The zero-order valence-corrected chi connectivity index (χ0v) is 13.4. The topological polar surface area (TPSA) is 80.3 Å². The number of amides is 2. The molecule has 1 aromatic heterocycles. The van der Waals surface area contributed by atoms with Gasteiger partial charge in [-0.2, -0.15) is 0 Å². The second-order valence-electron chi connectivity index (χ2n) is 5.71. The SMILES string of the molecule is COc1ccnc(CNC(=O)c2cccc(NC(=O)C3CC3)c2)c1. The third-order valence-corrected chi connectivity index (χ3v) is 3.79. The summed E-state index contributed by atoms with van der Waals surface area (Å²) < 4.78 is 5.13. The van der Waals surface area contributed by atoms with Crippen molar-refractivity contribution in [2.75, 3.05) is 12.4 Å². The molecule has 1 saturated carbocycles. The summed E-state index contributed by atoms with van der Waals surface area (Å²) >= 11 is 0. The van der Waals surface area contributed by atoms with Crippen molar-refractivity contribution < 1.29 is 14.3 Å².